The third-order valence-electron chi connectivity index (χ3n) is 3.65. The van der Waals surface area contributed by atoms with Crippen LogP contribution in [0, 0.1) is 0 Å². The molecule has 1 heterocycles. The van der Waals surface area contributed by atoms with Crippen molar-refractivity contribution in [3.05, 3.63) is 23.2 Å². The summed E-state index contributed by atoms with van der Waals surface area (Å²) in [4.78, 5) is 24.7. The van der Waals surface area contributed by atoms with Crippen molar-refractivity contribution in [3.63, 3.8) is 0 Å². The minimum Gasteiger partial charge on any atom is -0.333 e. The van der Waals surface area contributed by atoms with E-state index < -0.39 is 0 Å². The molecule has 0 saturated heterocycles. The smallest absolute Gasteiger partial charge is 0.274 e. The molecule has 110 valence electrons. The Morgan fingerprint density at radius 1 is 1.25 bits per heavy atom. The second-order valence-corrected chi connectivity index (χ2v) is 5.85. The molecule has 1 amide bonds. The summed E-state index contributed by atoms with van der Waals surface area (Å²) in [6.45, 7) is 1.57. The van der Waals surface area contributed by atoms with Crippen molar-refractivity contribution in [2.75, 3.05) is 27.2 Å². The zero-order chi connectivity index (χ0) is 14.5. The monoisotopic (exact) mass is 296 g/mol. The van der Waals surface area contributed by atoms with Gasteiger partial charge in [-0.1, -0.05) is 24.4 Å². The fourth-order valence-electron chi connectivity index (χ4n) is 2.54. The van der Waals surface area contributed by atoms with Gasteiger partial charge in [0.05, 0.1) is 12.4 Å². The number of likely N-dealkylation sites (N-methyl/N-ethyl adjacent to an activating group) is 1. The van der Waals surface area contributed by atoms with Crippen LogP contribution in [0.25, 0.3) is 0 Å². The van der Waals surface area contributed by atoms with Gasteiger partial charge in [-0.05, 0) is 26.9 Å². The van der Waals surface area contributed by atoms with Gasteiger partial charge in [0.25, 0.3) is 5.91 Å². The molecule has 1 fully saturated rings. The molecule has 0 unspecified atom stereocenters. The number of aromatic nitrogens is 2. The number of hydrogen-bond acceptors (Lipinski definition) is 4. The fourth-order valence-corrected chi connectivity index (χ4v) is 2.64. The number of rotatable bonds is 5. The van der Waals surface area contributed by atoms with E-state index >= 15 is 0 Å². The molecule has 0 radical (unpaired) electrons. The average Bonchev–Trinajstić information content (AvgIpc) is 2.93. The topological polar surface area (TPSA) is 49.3 Å². The van der Waals surface area contributed by atoms with E-state index in [1.165, 1.54) is 25.2 Å². The third-order valence-corrected chi connectivity index (χ3v) is 3.85. The van der Waals surface area contributed by atoms with E-state index in [4.69, 9.17) is 11.6 Å². The Hall–Kier alpha value is -1.20. The zero-order valence-corrected chi connectivity index (χ0v) is 12.8. The lowest BCUT2D eigenvalue weighted by molar-refractivity contribution is 0.0661. The Morgan fingerprint density at radius 2 is 1.95 bits per heavy atom. The summed E-state index contributed by atoms with van der Waals surface area (Å²) in [5, 5.41) is 0.308. The molecule has 1 aromatic heterocycles. The van der Waals surface area contributed by atoms with E-state index in [1.807, 2.05) is 19.0 Å². The molecular formula is C14H21ClN4O. The highest BCUT2D eigenvalue weighted by Crippen LogP contribution is 2.24. The molecule has 1 aromatic rings. The molecule has 1 aliphatic rings. The van der Waals surface area contributed by atoms with E-state index in [1.54, 1.807) is 0 Å². The van der Waals surface area contributed by atoms with Crippen LogP contribution >= 0.6 is 11.6 Å². The quantitative estimate of drug-likeness (QED) is 0.835. The summed E-state index contributed by atoms with van der Waals surface area (Å²) in [5.41, 5.74) is 0.375. The van der Waals surface area contributed by atoms with Crippen LogP contribution in [-0.2, 0) is 0 Å². The first-order chi connectivity index (χ1) is 9.58. The molecule has 5 nitrogen and oxygen atoms in total. The summed E-state index contributed by atoms with van der Waals surface area (Å²) in [6, 6.07) is 0.333. The second kappa shape index (κ2) is 6.99. The van der Waals surface area contributed by atoms with Crippen molar-refractivity contribution in [1.29, 1.82) is 0 Å². The van der Waals surface area contributed by atoms with E-state index in [2.05, 4.69) is 14.9 Å². The normalized spacial score (nSPS) is 15.8. The van der Waals surface area contributed by atoms with Crippen molar-refractivity contribution in [2.45, 2.75) is 31.7 Å². The number of amides is 1. The van der Waals surface area contributed by atoms with E-state index in [0.29, 0.717) is 16.9 Å². The van der Waals surface area contributed by atoms with Gasteiger partial charge >= 0.3 is 0 Å². The van der Waals surface area contributed by atoms with Crippen LogP contribution < -0.4 is 0 Å². The van der Waals surface area contributed by atoms with Crippen molar-refractivity contribution in [3.8, 4) is 0 Å². The summed E-state index contributed by atoms with van der Waals surface area (Å²) in [5.74, 6) is -0.0390. The zero-order valence-electron chi connectivity index (χ0n) is 12.0. The predicted octanol–water partition coefficient (Wildman–Crippen LogP) is 2.08. The highest BCUT2D eigenvalue weighted by Gasteiger charge is 2.28. The number of hydrogen-bond donors (Lipinski definition) is 0. The van der Waals surface area contributed by atoms with Gasteiger partial charge in [0.2, 0.25) is 0 Å². The standard InChI is InChI=1S/C14H21ClN4O/c1-18(2)7-8-19(11-5-3-4-6-11)14(20)12-9-17-13(15)10-16-12/h9-11H,3-8H2,1-2H3. The van der Waals surface area contributed by atoms with Gasteiger partial charge in [-0.3, -0.25) is 4.79 Å². The molecular weight excluding hydrogens is 276 g/mol. The Kier molecular flexibility index (Phi) is 5.31. The lowest BCUT2D eigenvalue weighted by atomic mass is 10.2. The van der Waals surface area contributed by atoms with Gasteiger partial charge in [0.15, 0.2) is 0 Å². The lowest BCUT2D eigenvalue weighted by Gasteiger charge is -2.29. The summed E-state index contributed by atoms with van der Waals surface area (Å²) < 4.78 is 0. The molecule has 1 aliphatic carbocycles. The van der Waals surface area contributed by atoms with Crippen molar-refractivity contribution >= 4 is 17.5 Å². The molecule has 0 atom stereocenters. The molecule has 1 saturated carbocycles. The Bertz CT molecular complexity index is 443. The molecule has 0 N–H and O–H groups in total. The van der Waals surface area contributed by atoms with E-state index in [-0.39, 0.29) is 5.91 Å². The van der Waals surface area contributed by atoms with Gasteiger partial charge in [0, 0.05) is 19.1 Å². The van der Waals surface area contributed by atoms with Crippen LogP contribution in [0.15, 0.2) is 12.4 Å². The van der Waals surface area contributed by atoms with E-state index in [0.717, 1.165) is 25.9 Å². The molecule has 0 spiro atoms. The Morgan fingerprint density at radius 3 is 2.50 bits per heavy atom. The molecule has 20 heavy (non-hydrogen) atoms. The Balaban J connectivity index is 2.11. The maximum absolute atomic E-state index is 12.6. The lowest BCUT2D eigenvalue weighted by Crippen LogP contribution is -2.43. The van der Waals surface area contributed by atoms with Crippen molar-refractivity contribution in [2.24, 2.45) is 0 Å². The molecule has 0 aliphatic heterocycles. The van der Waals surface area contributed by atoms with Crippen LogP contribution in [0.5, 0.6) is 0 Å². The van der Waals surface area contributed by atoms with Gasteiger partial charge in [-0.25, -0.2) is 9.97 Å². The van der Waals surface area contributed by atoms with Gasteiger partial charge < -0.3 is 9.80 Å². The van der Waals surface area contributed by atoms with Crippen LogP contribution in [-0.4, -0.2) is 58.9 Å². The second-order valence-electron chi connectivity index (χ2n) is 5.46. The first-order valence-electron chi connectivity index (χ1n) is 7.01. The molecule has 6 heteroatoms. The first kappa shape index (κ1) is 15.2. The minimum absolute atomic E-state index is 0.0390. The van der Waals surface area contributed by atoms with E-state index in [9.17, 15) is 4.79 Å². The average molecular weight is 297 g/mol. The summed E-state index contributed by atoms with van der Waals surface area (Å²) in [6.07, 6.45) is 7.45. The fraction of sp³-hybridized carbons (Fsp3) is 0.643. The highest BCUT2D eigenvalue weighted by atomic mass is 35.5. The van der Waals surface area contributed by atoms with Crippen molar-refractivity contribution in [1.82, 2.24) is 19.8 Å². The predicted molar refractivity (Wildman–Crippen MR) is 78.9 cm³/mol. The number of halogens is 1. The maximum atomic E-state index is 12.6. The number of nitrogens with zero attached hydrogens (tertiary/aromatic N) is 4. The third kappa shape index (κ3) is 3.90. The number of carbonyl (C=O) groups is 1. The van der Waals surface area contributed by atoms with Crippen LogP contribution in [0.2, 0.25) is 5.15 Å². The molecule has 2 rings (SSSR count). The Labute approximate surface area is 124 Å². The maximum Gasteiger partial charge on any atom is 0.274 e. The van der Waals surface area contributed by atoms with Crippen molar-refractivity contribution < 1.29 is 4.79 Å². The molecule has 0 aromatic carbocycles. The first-order valence-corrected chi connectivity index (χ1v) is 7.39. The summed E-state index contributed by atoms with van der Waals surface area (Å²) in [7, 11) is 4.03. The largest absolute Gasteiger partial charge is 0.333 e. The van der Waals surface area contributed by atoms with Crippen LogP contribution in [0.3, 0.4) is 0 Å². The van der Waals surface area contributed by atoms with Gasteiger partial charge in [-0.15, -0.1) is 0 Å². The van der Waals surface area contributed by atoms with Gasteiger partial charge in [0.1, 0.15) is 10.8 Å². The molecule has 0 bridgehead atoms. The minimum atomic E-state index is -0.0390. The number of carbonyl (C=O) groups excluding carboxylic acids is 1. The van der Waals surface area contributed by atoms with Gasteiger partial charge in [-0.2, -0.15) is 0 Å². The van der Waals surface area contributed by atoms with Crippen LogP contribution in [0.4, 0.5) is 0 Å². The SMILES string of the molecule is CN(C)CCN(C(=O)c1cnc(Cl)cn1)C1CCCC1. The highest BCUT2D eigenvalue weighted by molar-refractivity contribution is 6.29. The summed E-state index contributed by atoms with van der Waals surface area (Å²) >= 11 is 5.72. The van der Waals surface area contributed by atoms with Crippen LogP contribution in [0.1, 0.15) is 36.2 Å².